The zero-order chi connectivity index (χ0) is 19.6. The van der Waals surface area contributed by atoms with E-state index >= 15 is 0 Å². The van der Waals surface area contributed by atoms with E-state index in [2.05, 4.69) is 50.9 Å². The number of quaternary nitrogens is 1. The van der Waals surface area contributed by atoms with Crippen molar-refractivity contribution in [1.29, 1.82) is 0 Å². The molecule has 2 aliphatic rings. The van der Waals surface area contributed by atoms with Gasteiger partial charge in [0.05, 0.1) is 11.4 Å². The Morgan fingerprint density at radius 3 is 2.59 bits per heavy atom. The molecule has 1 saturated carbocycles. The highest BCUT2D eigenvalue weighted by Gasteiger charge is 2.31. The molecule has 0 radical (unpaired) electrons. The molecule has 2 fully saturated rings. The molecule has 2 aromatic heterocycles. The second-order valence-corrected chi connectivity index (χ2v) is 9.28. The molecular formula is C23H29N4OS+. The minimum atomic E-state index is -0.123. The number of hydrogen-bond acceptors (Lipinski definition) is 5. The van der Waals surface area contributed by atoms with Crippen LogP contribution in [0.2, 0.25) is 0 Å². The van der Waals surface area contributed by atoms with Gasteiger partial charge in [0, 0.05) is 43.3 Å². The van der Waals surface area contributed by atoms with Crippen LogP contribution in [-0.4, -0.2) is 46.4 Å². The Bertz CT molecular complexity index is 952. The Morgan fingerprint density at radius 1 is 1.00 bits per heavy atom. The predicted molar refractivity (Wildman–Crippen MR) is 118 cm³/mol. The molecule has 1 aliphatic heterocycles. The molecule has 5 nitrogen and oxygen atoms in total. The van der Waals surface area contributed by atoms with Crippen LogP contribution < -0.4 is 10.2 Å². The molecule has 3 heterocycles. The number of aliphatic hydroxyl groups is 1. The zero-order valence-electron chi connectivity index (χ0n) is 16.7. The quantitative estimate of drug-likeness (QED) is 0.695. The maximum atomic E-state index is 10.3. The molecule has 29 heavy (non-hydrogen) atoms. The summed E-state index contributed by atoms with van der Waals surface area (Å²) in [7, 11) is 0. The number of aliphatic hydroxyl groups excluding tert-OH is 1. The Labute approximate surface area is 175 Å². The van der Waals surface area contributed by atoms with Gasteiger partial charge in [0.25, 0.3) is 0 Å². The average Bonchev–Trinajstić information content (AvgIpc) is 3.21. The van der Waals surface area contributed by atoms with E-state index in [-0.39, 0.29) is 6.10 Å². The summed E-state index contributed by atoms with van der Waals surface area (Å²) >= 11 is 1.70. The van der Waals surface area contributed by atoms with Gasteiger partial charge < -0.3 is 15.3 Å². The highest BCUT2D eigenvalue weighted by molar-refractivity contribution is 7.17. The minimum absolute atomic E-state index is 0.123. The van der Waals surface area contributed by atoms with Crippen molar-refractivity contribution >= 4 is 27.4 Å². The zero-order valence-corrected chi connectivity index (χ0v) is 17.5. The van der Waals surface area contributed by atoms with Crippen molar-refractivity contribution < 1.29 is 10.4 Å². The van der Waals surface area contributed by atoms with Gasteiger partial charge in [-0.25, -0.2) is 9.97 Å². The lowest BCUT2D eigenvalue weighted by Gasteiger charge is -2.35. The Morgan fingerprint density at radius 2 is 1.79 bits per heavy atom. The number of fused-ring (bicyclic) bond motifs is 1. The molecule has 3 aromatic rings. The molecule has 0 bridgehead atoms. The standard InChI is InChI=1S/C23H28N4OS/c28-20-9-5-4-8-19(20)26-17-10-12-27(13-11-17)22-21-18(16-6-2-1-3-7-16)14-29-23(21)25-15-24-22/h1-3,6-7,14-15,17,19-20,26,28H,4-5,8-13H2/p+1/t19-,20-/m1/s1. The molecule has 2 atom stereocenters. The fraction of sp³-hybridized carbons (Fsp3) is 0.478. The van der Waals surface area contributed by atoms with Gasteiger partial charge >= 0.3 is 0 Å². The summed E-state index contributed by atoms with van der Waals surface area (Å²) in [5.41, 5.74) is 2.46. The van der Waals surface area contributed by atoms with E-state index in [1.807, 2.05) is 0 Å². The van der Waals surface area contributed by atoms with Crippen molar-refractivity contribution in [1.82, 2.24) is 9.97 Å². The molecule has 5 rings (SSSR count). The molecule has 6 heteroatoms. The smallest absolute Gasteiger partial charge is 0.141 e. The SMILES string of the molecule is O[C@@H]1CCCC[C@H]1[NH2+]C1CCN(c2ncnc3scc(-c4ccccc4)c23)CC1. The molecule has 1 saturated heterocycles. The van der Waals surface area contributed by atoms with Crippen LogP contribution in [0.1, 0.15) is 38.5 Å². The summed E-state index contributed by atoms with van der Waals surface area (Å²) < 4.78 is 0. The van der Waals surface area contributed by atoms with Crippen LogP contribution in [-0.2, 0) is 0 Å². The van der Waals surface area contributed by atoms with E-state index in [1.165, 1.54) is 29.4 Å². The van der Waals surface area contributed by atoms with Gasteiger partial charge in [-0.2, -0.15) is 0 Å². The summed E-state index contributed by atoms with van der Waals surface area (Å²) in [5.74, 6) is 1.08. The number of nitrogens with zero attached hydrogens (tertiary/aromatic N) is 3. The fourth-order valence-corrected chi connectivity index (χ4v) is 5.86. The monoisotopic (exact) mass is 409 g/mol. The minimum Gasteiger partial charge on any atom is -0.387 e. The van der Waals surface area contributed by atoms with Gasteiger partial charge in [-0.3, -0.25) is 0 Å². The van der Waals surface area contributed by atoms with E-state index in [9.17, 15) is 5.11 Å². The van der Waals surface area contributed by atoms with Crippen LogP contribution in [0.3, 0.4) is 0 Å². The van der Waals surface area contributed by atoms with E-state index in [4.69, 9.17) is 4.98 Å². The van der Waals surface area contributed by atoms with Crippen LogP contribution in [0.25, 0.3) is 21.3 Å². The van der Waals surface area contributed by atoms with Gasteiger partial charge in [-0.1, -0.05) is 36.8 Å². The molecular weight excluding hydrogens is 380 g/mol. The first-order valence-corrected chi connectivity index (χ1v) is 11.7. The number of hydrogen-bond donors (Lipinski definition) is 2. The summed E-state index contributed by atoms with van der Waals surface area (Å²) in [4.78, 5) is 12.7. The van der Waals surface area contributed by atoms with Crippen LogP contribution in [0, 0.1) is 0 Å². The maximum absolute atomic E-state index is 10.3. The van der Waals surface area contributed by atoms with Crippen molar-refractivity contribution in [2.24, 2.45) is 0 Å². The Hall–Kier alpha value is -2.02. The molecule has 1 aliphatic carbocycles. The van der Waals surface area contributed by atoms with E-state index in [1.54, 1.807) is 17.7 Å². The van der Waals surface area contributed by atoms with Crippen molar-refractivity contribution in [3.63, 3.8) is 0 Å². The van der Waals surface area contributed by atoms with E-state index in [0.29, 0.717) is 12.1 Å². The lowest BCUT2D eigenvalue weighted by atomic mass is 9.91. The molecule has 3 N–H and O–H groups in total. The van der Waals surface area contributed by atoms with Crippen molar-refractivity contribution in [2.45, 2.75) is 56.7 Å². The van der Waals surface area contributed by atoms with E-state index in [0.717, 1.165) is 49.4 Å². The number of benzene rings is 1. The number of anilines is 1. The fourth-order valence-electron chi connectivity index (χ4n) is 4.95. The van der Waals surface area contributed by atoms with Crippen LogP contribution >= 0.6 is 11.3 Å². The topological polar surface area (TPSA) is 65.9 Å². The molecule has 0 unspecified atom stereocenters. The van der Waals surface area contributed by atoms with Gasteiger partial charge in [0.15, 0.2) is 0 Å². The van der Waals surface area contributed by atoms with E-state index < -0.39 is 0 Å². The summed E-state index contributed by atoms with van der Waals surface area (Å²) in [6.07, 6.45) is 8.43. The number of rotatable bonds is 4. The third-order valence-corrected chi connectivity index (χ3v) is 7.46. The number of thiophene rings is 1. The number of aromatic nitrogens is 2. The van der Waals surface area contributed by atoms with Gasteiger partial charge in [-0.05, 0) is 18.4 Å². The van der Waals surface area contributed by atoms with Crippen LogP contribution in [0.15, 0.2) is 42.0 Å². The first kappa shape index (κ1) is 19.0. The highest BCUT2D eigenvalue weighted by Crippen LogP contribution is 2.38. The van der Waals surface area contributed by atoms with Gasteiger partial charge in [0.1, 0.15) is 29.1 Å². The predicted octanol–water partition coefficient (Wildman–Crippen LogP) is 3.19. The Balaban J connectivity index is 1.34. The third kappa shape index (κ3) is 3.89. The summed E-state index contributed by atoms with van der Waals surface area (Å²) in [6.45, 7) is 2.03. The van der Waals surface area contributed by atoms with Crippen LogP contribution in [0.4, 0.5) is 5.82 Å². The molecule has 0 amide bonds. The molecule has 1 aromatic carbocycles. The largest absolute Gasteiger partial charge is 0.387 e. The number of nitrogens with two attached hydrogens (primary N) is 1. The van der Waals surface area contributed by atoms with Gasteiger partial charge in [-0.15, -0.1) is 11.3 Å². The Kier molecular flexibility index (Phi) is 5.48. The average molecular weight is 410 g/mol. The highest BCUT2D eigenvalue weighted by atomic mass is 32.1. The first-order chi connectivity index (χ1) is 14.3. The van der Waals surface area contributed by atoms with Crippen LogP contribution in [0.5, 0.6) is 0 Å². The second kappa shape index (κ2) is 8.38. The second-order valence-electron chi connectivity index (χ2n) is 8.43. The summed E-state index contributed by atoms with van der Waals surface area (Å²) in [5, 5.41) is 16.2. The lowest BCUT2D eigenvalue weighted by Crippen LogP contribution is -2.98. The first-order valence-electron chi connectivity index (χ1n) is 10.9. The van der Waals surface area contributed by atoms with Crippen molar-refractivity contribution in [2.75, 3.05) is 18.0 Å². The molecule has 0 spiro atoms. The molecule has 152 valence electrons. The van der Waals surface area contributed by atoms with Crippen molar-refractivity contribution in [3.8, 4) is 11.1 Å². The maximum Gasteiger partial charge on any atom is 0.141 e. The normalized spacial score (nSPS) is 23.6. The third-order valence-electron chi connectivity index (χ3n) is 6.58. The lowest BCUT2D eigenvalue weighted by molar-refractivity contribution is -0.731. The van der Waals surface area contributed by atoms with Gasteiger partial charge in [0.2, 0.25) is 0 Å². The number of piperidine rings is 1. The summed E-state index contributed by atoms with van der Waals surface area (Å²) in [6, 6.07) is 11.6. The van der Waals surface area contributed by atoms with Crippen molar-refractivity contribution in [3.05, 3.63) is 42.0 Å².